The molecule has 1 aromatic heterocycles. The molecule has 122 valence electrons. The summed E-state index contributed by atoms with van der Waals surface area (Å²) in [5, 5.41) is 6.75. The van der Waals surface area contributed by atoms with Gasteiger partial charge in [0, 0.05) is 17.3 Å². The van der Waals surface area contributed by atoms with Crippen LogP contribution in [0, 0.1) is 6.92 Å². The van der Waals surface area contributed by atoms with Gasteiger partial charge in [0.2, 0.25) is 5.91 Å². The first-order valence-electron chi connectivity index (χ1n) is 7.35. The molecule has 0 spiro atoms. The Kier molecular flexibility index (Phi) is 5.33. The number of nitrogens with zero attached hydrogens (tertiary/aromatic N) is 1. The van der Waals surface area contributed by atoms with Crippen LogP contribution >= 0.6 is 11.3 Å². The number of nitrogens with one attached hydrogen (secondary N) is 2. The van der Waals surface area contributed by atoms with Gasteiger partial charge in [-0.2, -0.15) is 0 Å². The molecule has 4 N–H and O–H groups in total. The minimum Gasteiger partial charge on any atom is -0.366 e. The van der Waals surface area contributed by atoms with Gasteiger partial charge >= 0.3 is 0 Å². The summed E-state index contributed by atoms with van der Waals surface area (Å²) < 4.78 is 0. The van der Waals surface area contributed by atoms with Crippen LogP contribution in [0.1, 0.15) is 45.9 Å². The molecule has 1 atom stereocenters. The Labute approximate surface area is 139 Å². The largest absolute Gasteiger partial charge is 0.366 e. The number of carbonyl (C=O) groups excluding carboxylic acids is 2. The van der Waals surface area contributed by atoms with Crippen LogP contribution in [0.15, 0.2) is 24.4 Å². The molecule has 1 aromatic carbocycles. The van der Waals surface area contributed by atoms with Crippen molar-refractivity contribution in [3.05, 3.63) is 40.4 Å². The maximum absolute atomic E-state index is 12.3. The van der Waals surface area contributed by atoms with Gasteiger partial charge in [-0.25, -0.2) is 4.98 Å². The molecular formula is C16H20N4O2S. The van der Waals surface area contributed by atoms with E-state index < -0.39 is 5.91 Å². The molecule has 0 unspecified atom stereocenters. The summed E-state index contributed by atoms with van der Waals surface area (Å²) >= 11 is 1.29. The highest BCUT2D eigenvalue weighted by Crippen LogP contribution is 2.22. The van der Waals surface area contributed by atoms with Gasteiger partial charge in [0.25, 0.3) is 5.91 Å². The lowest BCUT2D eigenvalue weighted by atomic mass is 10.1. The molecule has 23 heavy (non-hydrogen) atoms. The number of hydrogen-bond donors (Lipinski definition) is 3. The highest BCUT2D eigenvalue weighted by Gasteiger charge is 2.14. The lowest BCUT2D eigenvalue weighted by Crippen LogP contribution is -2.14. The second kappa shape index (κ2) is 7.23. The molecule has 0 aliphatic carbocycles. The van der Waals surface area contributed by atoms with E-state index in [1.54, 1.807) is 18.2 Å². The van der Waals surface area contributed by atoms with Crippen LogP contribution in [-0.2, 0) is 0 Å². The third kappa shape index (κ3) is 4.29. The minimum absolute atomic E-state index is 0.260. The molecule has 0 fully saturated rings. The number of primary amides is 1. The lowest BCUT2D eigenvalue weighted by Gasteiger charge is -2.09. The van der Waals surface area contributed by atoms with Crippen LogP contribution in [0.2, 0.25) is 0 Å². The summed E-state index contributed by atoms with van der Waals surface area (Å²) in [6.45, 7) is 5.98. The first kappa shape index (κ1) is 17.0. The van der Waals surface area contributed by atoms with Crippen molar-refractivity contribution in [3.8, 4) is 0 Å². The zero-order valence-corrected chi connectivity index (χ0v) is 14.2. The fraction of sp³-hybridized carbons (Fsp3) is 0.312. The fourth-order valence-corrected chi connectivity index (χ4v) is 2.68. The Hall–Kier alpha value is -2.41. The van der Waals surface area contributed by atoms with Gasteiger partial charge in [0.15, 0.2) is 5.13 Å². The predicted molar refractivity (Wildman–Crippen MR) is 93.1 cm³/mol. The Morgan fingerprint density at radius 1 is 1.39 bits per heavy atom. The van der Waals surface area contributed by atoms with Gasteiger partial charge in [-0.3, -0.25) is 9.59 Å². The SMILES string of the molecule is CC[C@H](C)Nc1ncc(C(=O)Nc2cc(C(N)=O)ccc2C)s1. The van der Waals surface area contributed by atoms with E-state index in [1.807, 2.05) is 6.92 Å². The van der Waals surface area contributed by atoms with E-state index in [0.717, 1.165) is 12.0 Å². The number of anilines is 2. The maximum atomic E-state index is 12.3. The zero-order chi connectivity index (χ0) is 17.0. The normalized spacial score (nSPS) is 11.8. The number of thiazole rings is 1. The van der Waals surface area contributed by atoms with E-state index in [4.69, 9.17) is 5.73 Å². The maximum Gasteiger partial charge on any atom is 0.267 e. The molecule has 2 aromatic rings. The predicted octanol–water partition coefficient (Wildman–Crippen LogP) is 3.01. The molecule has 2 amide bonds. The molecule has 6 nitrogen and oxygen atoms in total. The van der Waals surface area contributed by atoms with Crippen molar-refractivity contribution >= 4 is 34.0 Å². The average Bonchev–Trinajstić information content (AvgIpc) is 2.97. The summed E-state index contributed by atoms with van der Waals surface area (Å²) in [5.41, 5.74) is 7.04. The summed E-state index contributed by atoms with van der Waals surface area (Å²) in [6.07, 6.45) is 2.51. The summed E-state index contributed by atoms with van der Waals surface area (Å²) in [6, 6.07) is 5.26. The lowest BCUT2D eigenvalue weighted by molar-refractivity contribution is 0.0996. The van der Waals surface area contributed by atoms with Crippen molar-refractivity contribution in [1.82, 2.24) is 4.98 Å². The number of nitrogens with two attached hydrogens (primary N) is 1. The Morgan fingerprint density at radius 2 is 2.13 bits per heavy atom. The number of aryl methyl sites for hydroxylation is 1. The highest BCUT2D eigenvalue weighted by atomic mass is 32.1. The number of benzene rings is 1. The Bertz CT molecular complexity index is 727. The molecule has 0 saturated heterocycles. The van der Waals surface area contributed by atoms with Crippen LogP contribution in [0.5, 0.6) is 0 Å². The summed E-state index contributed by atoms with van der Waals surface area (Å²) in [4.78, 5) is 28.3. The van der Waals surface area contributed by atoms with E-state index in [-0.39, 0.29) is 5.91 Å². The second-order valence-corrected chi connectivity index (χ2v) is 6.36. The number of amides is 2. The van der Waals surface area contributed by atoms with E-state index in [0.29, 0.717) is 27.3 Å². The topological polar surface area (TPSA) is 97.1 Å². The second-order valence-electron chi connectivity index (χ2n) is 5.33. The van der Waals surface area contributed by atoms with Gasteiger partial charge in [0.05, 0.1) is 6.20 Å². The van der Waals surface area contributed by atoms with Gasteiger partial charge < -0.3 is 16.4 Å². The molecule has 0 bridgehead atoms. The van der Waals surface area contributed by atoms with Gasteiger partial charge in [0.1, 0.15) is 4.88 Å². The quantitative estimate of drug-likeness (QED) is 0.757. The van der Waals surface area contributed by atoms with Crippen molar-refractivity contribution in [2.45, 2.75) is 33.2 Å². The standard InChI is InChI=1S/C16H20N4O2S/c1-4-10(3)19-16-18-8-13(23-16)15(22)20-12-7-11(14(17)21)6-5-9(12)2/h5-8,10H,4H2,1-3H3,(H2,17,21)(H,18,19)(H,20,22)/t10-/m0/s1. The summed E-state index contributed by atoms with van der Waals surface area (Å²) in [7, 11) is 0. The Morgan fingerprint density at radius 3 is 2.78 bits per heavy atom. The molecule has 2 rings (SSSR count). The minimum atomic E-state index is -0.529. The molecule has 0 radical (unpaired) electrons. The van der Waals surface area contributed by atoms with Crippen LogP contribution in [0.25, 0.3) is 0 Å². The first-order chi connectivity index (χ1) is 10.9. The smallest absolute Gasteiger partial charge is 0.267 e. The van der Waals surface area contributed by atoms with Crippen LogP contribution < -0.4 is 16.4 Å². The zero-order valence-electron chi connectivity index (χ0n) is 13.3. The van der Waals surface area contributed by atoms with E-state index in [9.17, 15) is 9.59 Å². The fourth-order valence-electron chi connectivity index (χ4n) is 1.85. The molecule has 0 aliphatic rings. The number of aromatic nitrogens is 1. The molecule has 1 heterocycles. The van der Waals surface area contributed by atoms with Crippen LogP contribution in [0.3, 0.4) is 0 Å². The van der Waals surface area contributed by atoms with Gasteiger partial charge in [-0.1, -0.05) is 24.3 Å². The van der Waals surface area contributed by atoms with E-state index >= 15 is 0 Å². The number of hydrogen-bond acceptors (Lipinski definition) is 5. The Balaban J connectivity index is 2.13. The summed E-state index contributed by atoms with van der Waals surface area (Å²) in [5.74, 6) is -0.789. The van der Waals surface area contributed by atoms with Crippen LogP contribution in [0.4, 0.5) is 10.8 Å². The van der Waals surface area contributed by atoms with E-state index in [2.05, 4.69) is 29.5 Å². The van der Waals surface area contributed by atoms with Crippen molar-refractivity contribution < 1.29 is 9.59 Å². The van der Waals surface area contributed by atoms with Crippen molar-refractivity contribution in [2.24, 2.45) is 5.73 Å². The van der Waals surface area contributed by atoms with Gasteiger partial charge in [-0.15, -0.1) is 0 Å². The third-order valence-corrected chi connectivity index (χ3v) is 4.41. The first-order valence-corrected chi connectivity index (χ1v) is 8.16. The number of carbonyl (C=O) groups is 2. The van der Waals surface area contributed by atoms with Gasteiger partial charge in [-0.05, 0) is 38.0 Å². The molecule has 0 saturated carbocycles. The third-order valence-electron chi connectivity index (χ3n) is 3.48. The monoisotopic (exact) mass is 332 g/mol. The van der Waals surface area contributed by atoms with Crippen molar-refractivity contribution in [2.75, 3.05) is 10.6 Å². The molecular weight excluding hydrogens is 312 g/mol. The average molecular weight is 332 g/mol. The molecule has 0 aliphatic heterocycles. The molecule has 7 heteroatoms. The highest BCUT2D eigenvalue weighted by molar-refractivity contribution is 7.17. The van der Waals surface area contributed by atoms with Crippen LogP contribution in [-0.4, -0.2) is 22.8 Å². The van der Waals surface area contributed by atoms with Crippen molar-refractivity contribution in [3.63, 3.8) is 0 Å². The number of rotatable bonds is 6. The van der Waals surface area contributed by atoms with Crippen molar-refractivity contribution in [1.29, 1.82) is 0 Å². The van der Waals surface area contributed by atoms with E-state index in [1.165, 1.54) is 17.5 Å².